The quantitative estimate of drug-likeness (QED) is 0.469. The van der Waals surface area contributed by atoms with E-state index in [1.165, 1.54) is 4.90 Å². The summed E-state index contributed by atoms with van der Waals surface area (Å²) in [5.41, 5.74) is 1.54. The number of furan rings is 1. The standard InChI is InChI=1S/C24H24ClN3O3/c1-2-13-27(24(30)26-21-11-6-10-20(25)15-21)18-23(29)28(17-22-12-7-14-31-22)16-19-8-4-3-5-9-19/h2-12,14-15H,1,13,16-18H2,(H,26,30). The fourth-order valence-corrected chi connectivity index (χ4v) is 3.22. The second kappa shape index (κ2) is 11.0. The molecule has 0 aliphatic rings. The van der Waals surface area contributed by atoms with Crippen molar-refractivity contribution in [3.8, 4) is 0 Å². The molecule has 3 rings (SSSR count). The molecule has 3 aromatic rings. The monoisotopic (exact) mass is 437 g/mol. The fraction of sp³-hybridized carbons (Fsp3) is 0.167. The zero-order valence-electron chi connectivity index (χ0n) is 17.0. The van der Waals surface area contributed by atoms with E-state index in [-0.39, 0.29) is 19.0 Å². The summed E-state index contributed by atoms with van der Waals surface area (Å²) in [5.74, 6) is 0.464. The van der Waals surface area contributed by atoms with Crippen LogP contribution >= 0.6 is 11.6 Å². The van der Waals surface area contributed by atoms with Gasteiger partial charge in [-0.2, -0.15) is 0 Å². The van der Waals surface area contributed by atoms with Crippen LogP contribution in [0.2, 0.25) is 5.02 Å². The highest BCUT2D eigenvalue weighted by atomic mass is 35.5. The molecule has 0 atom stereocenters. The van der Waals surface area contributed by atoms with Crippen molar-refractivity contribution in [2.24, 2.45) is 0 Å². The SMILES string of the molecule is C=CCN(CC(=O)N(Cc1ccccc1)Cc1ccco1)C(=O)Nc1cccc(Cl)c1. The summed E-state index contributed by atoms with van der Waals surface area (Å²) in [6, 6.07) is 19.7. The summed E-state index contributed by atoms with van der Waals surface area (Å²) in [6.45, 7) is 4.52. The normalized spacial score (nSPS) is 10.4. The summed E-state index contributed by atoms with van der Waals surface area (Å²) < 4.78 is 5.43. The molecule has 7 heteroatoms. The highest BCUT2D eigenvalue weighted by molar-refractivity contribution is 6.30. The molecule has 3 amide bonds. The third-order valence-corrected chi connectivity index (χ3v) is 4.77. The number of nitrogens with zero attached hydrogens (tertiary/aromatic N) is 2. The molecule has 31 heavy (non-hydrogen) atoms. The minimum absolute atomic E-state index is 0.105. The minimum Gasteiger partial charge on any atom is -0.467 e. The zero-order chi connectivity index (χ0) is 22.1. The van der Waals surface area contributed by atoms with Crippen molar-refractivity contribution in [2.75, 3.05) is 18.4 Å². The molecule has 6 nitrogen and oxygen atoms in total. The van der Waals surface area contributed by atoms with Crippen LogP contribution in [0.25, 0.3) is 0 Å². The van der Waals surface area contributed by atoms with Crippen molar-refractivity contribution >= 4 is 29.2 Å². The maximum atomic E-state index is 13.2. The smallest absolute Gasteiger partial charge is 0.322 e. The van der Waals surface area contributed by atoms with Gasteiger partial charge in [-0.1, -0.05) is 54.1 Å². The Hall–Kier alpha value is -3.51. The summed E-state index contributed by atoms with van der Waals surface area (Å²) in [7, 11) is 0. The summed E-state index contributed by atoms with van der Waals surface area (Å²) in [6.07, 6.45) is 3.15. The Balaban J connectivity index is 1.72. The zero-order valence-corrected chi connectivity index (χ0v) is 17.8. The Morgan fingerprint density at radius 2 is 1.81 bits per heavy atom. The lowest BCUT2D eigenvalue weighted by Gasteiger charge is -2.27. The first-order valence-corrected chi connectivity index (χ1v) is 10.2. The Morgan fingerprint density at radius 3 is 2.48 bits per heavy atom. The van der Waals surface area contributed by atoms with Crippen molar-refractivity contribution in [3.63, 3.8) is 0 Å². The van der Waals surface area contributed by atoms with Gasteiger partial charge in [-0.05, 0) is 35.9 Å². The van der Waals surface area contributed by atoms with Crippen LogP contribution in [0.3, 0.4) is 0 Å². The topological polar surface area (TPSA) is 65.8 Å². The number of carbonyl (C=O) groups excluding carboxylic acids is 2. The van der Waals surface area contributed by atoms with E-state index >= 15 is 0 Å². The van der Waals surface area contributed by atoms with Gasteiger partial charge in [-0.15, -0.1) is 6.58 Å². The molecule has 0 saturated heterocycles. The molecule has 0 spiro atoms. The van der Waals surface area contributed by atoms with E-state index in [0.29, 0.717) is 29.6 Å². The average molecular weight is 438 g/mol. The number of amides is 3. The van der Waals surface area contributed by atoms with Crippen molar-refractivity contribution in [3.05, 3.63) is 102 Å². The van der Waals surface area contributed by atoms with Gasteiger partial charge in [0, 0.05) is 23.8 Å². The van der Waals surface area contributed by atoms with Crippen LogP contribution in [-0.2, 0) is 17.9 Å². The molecule has 2 aromatic carbocycles. The first-order valence-electron chi connectivity index (χ1n) is 9.81. The van der Waals surface area contributed by atoms with Crippen molar-refractivity contribution in [1.82, 2.24) is 9.80 Å². The van der Waals surface area contributed by atoms with E-state index < -0.39 is 6.03 Å². The first kappa shape index (κ1) is 22.2. The molecular formula is C24H24ClN3O3. The summed E-state index contributed by atoms with van der Waals surface area (Å²) in [4.78, 5) is 29.0. The number of halogens is 1. The van der Waals surface area contributed by atoms with E-state index in [1.807, 2.05) is 36.4 Å². The number of urea groups is 1. The summed E-state index contributed by atoms with van der Waals surface area (Å²) in [5, 5.41) is 3.28. The maximum Gasteiger partial charge on any atom is 0.322 e. The molecule has 0 aliphatic heterocycles. The lowest BCUT2D eigenvalue weighted by molar-refractivity contribution is -0.133. The number of hydrogen-bond donors (Lipinski definition) is 1. The van der Waals surface area contributed by atoms with Crippen LogP contribution in [0.15, 0.2) is 90.1 Å². The second-order valence-corrected chi connectivity index (χ2v) is 7.36. The Labute approximate surface area is 186 Å². The van der Waals surface area contributed by atoms with Gasteiger partial charge in [0.15, 0.2) is 0 Å². The number of benzene rings is 2. The molecule has 0 unspecified atom stereocenters. The van der Waals surface area contributed by atoms with Crippen LogP contribution in [0.4, 0.5) is 10.5 Å². The fourth-order valence-electron chi connectivity index (χ4n) is 3.03. The third-order valence-electron chi connectivity index (χ3n) is 4.53. The van der Waals surface area contributed by atoms with E-state index in [4.69, 9.17) is 16.0 Å². The Morgan fingerprint density at radius 1 is 1.00 bits per heavy atom. The molecule has 0 fully saturated rings. The number of hydrogen-bond acceptors (Lipinski definition) is 3. The second-order valence-electron chi connectivity index (χ2n) is 6.92. The highest BCUT2D eigenvalue weighted by Crippen LogP contribution is 2.16. The van der Waals surface area contributed by atoms with E-state index in [1.54, 1.807) is 47.6 Å². The van der Waals surface area contributed by atoms with Gasteiger partial charge in [0.2, 0.25) is 5.91 Å². The van der Waals surface area contributed by atoms with Crippen molar-refractivity contribution < 1.29 is 14.0 Å². The predicted octanol–water partition coefficient (Wildman–Crippen LogP) is 5.18. The van der Waals surface area contributed by atoms with Crippen LogP contribution < -0.4 is 5.32 Å². The molecule has 0 saturated carbocycles. The molecular weight excluding hydrogens is 414 g/mol. The summed E-state index contributed by atoms with van der Waals surface area (Å²) >= 11 is 5.99. The van der Waals surface area contributed by atoms with Gasteiger partial charge in [0.1, 0.15) is 12.3 Å². The Bertz CT molecular complexity index is 1010. The predicted molar refractivity (Wildman–Crippen MR) is 122 cm³/mol. The van der Waals surface area contributed by atoms with Crippen LogP contribution in [-0.4, -0.2) is 34.8 Å². The molecule has 160 valence electrons. The van der Waals surface area contributed by atoms with Gasteiger partial charge < -0.3 is 19.5 Å². The first-order chi connectivity index (χ1) is 15.0. The molecule has 1 N–H and O–H groups in total. The van der Waals surface area contributed by atoms with Crippen LogP contribution in [0, 0.1) is 0 Å². The van der Waals surface area contributed by atoms with Crippen molar-refractivity contribution in [1.29, 1.82) is 0 Å². The van der Waals surface area contributed by atoms with Gasteiger partial charge in [-0.25, -0.2) is 4.79 Å². The van der Waals surface area contributed by atoms with E-state index in [9.17, 15) is 9.59 Å². The van der Waals surface area contributed by atoms with Gasteiger partial charge >= 0.3 is 6.03 Å². The Kier molecular flexibility index (Phi) is 7.90. The van der Waals surface area contributed by atoms with E-state index in [2.05, 4.69) is 11.9 Å². The molecule has 0 bridgehead atoms. The van der Waals surface area contributed by atoms with Gasteiger partial charge in [-0.3, -0.25) is 4.79 Å². The number of carbonyl (C=O) groups is 2. The molecule has 1 aromatic heterocycles. The number of nitrogens with one attached hydrogen (secondary N) is 1. The largest absolute Gasteiger partial charge is 0.467 e. The minimum atomic E-state index is -0.409. The van der Waals surface area contributed by atoms with Gasteiger partial charge in [0.05, 0.1) is 12.8 Å². The maximum absolute atomic E-state index is 13.2. The lowest BCUT2D eigenvalue weighted by atomic mass is 10.2. The van der Waals surface area contributed by atoms with Gasteiger partial charge in [0.25, 0.3) is 0 Å². The highest BCUT2D eigenvalue weighted by Gasteiger charge is 2.22. The van der Waals surface area contributed by atoms with E-state index in [0.717, 1.165) is 5.56 Å². The average Bonchev–Trinajstić information content (AvgIpc) is 3.27. The lowest BCUT2D eigenvalue weighted by Crippen LogP contribution is -2.44. The van der Waals surface area contributed by atoms with Crippen LogP contribution in [0.1, 0.15) is 11.3 Å². The van der Waals surface area contributed by atoms with Crippen LogP contribution in [0.5, 0.6) is 0 Å². The number of anilines is 1. The van der Waals surface area contributed by atoms with Crippen molar-refractivity contribution in [2.45, 2.75) is 13.1 Å². The molecule has 0 aliphatic carbocycles. The number of rotatable bonds is 9. The molecule has 0 radical (unpaired) electrons. The third kappa shape index (κ3) is 6.76. The molecule has 1 heterocycles.